The van der Waals surface area contributed by atoms with Crippen molar-refractivity contribution in [1.29, 1.82) is 0 Å². The molecule has 1 heterocycles. The molecule has 1 amide bonds. The monoisotopic (exact) mass is 208 g/mol. The summed E-state index contributed by atoms with van der Waals surface area (Å²) in [6.07, 6.45) is 3.12. The van der Waals surface area contributed by atoms with Crippen molar-refractivity contribution < 1.29 is 9.90 Å². The van der Waals surface area contributed by atoms with Crippen molar-refractivity contribution in [3.63, 3.8) is 0 Å². The molecule has 4 nitrogen and oxygen atoms in total. The van der Waals surface area contributed by atoms with Gasteiger partial charge in [0.1, 0.15) is 0 Å². The van der Waals surface area contributed by atoms with E-state index in [0.717, 1.165) is 0 Å². The minimum absolute atomic E-state index is 0.0802. The quantitative estimate of drug-likeness (QED) is 0.775. The smallest absolute Gasteiger partial charge is 0.229 e. The highest BCUT2D eigenvalue weighted by Crippen LogP contribution is 2.19. The number of carbonyl (C=O) groups is 1. The van der Waals surface area contributed by atoms with Gasteiger partial charge in [0.25, 0.3) is 0 Å². The molecule has 0 bridgehead atoms. The van der Waals surface area contributed by atoms with E-state index in [1.54, 1.807) is 12.3 Å². The molecule has 0 saturated carbocycles. The number of nitrogens with one attached hydrogen (secondary N) is 1. The van der Waals surface area contributed by atoms with Crippen LogP contribution in [-0.2, 0) is 11.4 Å². The van der Waals surface area contributed by atoms with E-state index in [-0.39, 0.29) is 12.5 Å². The molecule has 0 radical (unpaired) electrons. The Morgan fingerprint density at radius 1 is 1.53 bits per heavy atom. The Labute approximate surface area is 89.3 Å². The highest BCUT2D eigenvalue weighted by atomic mass is 16.3. The molecule has 1 aromatic heterocycles. The van der Waals surface area contributed by atoms with Gasteiger partial charge in [-0.15, -0.1) is 0 Å². The molecule has 0 aliphatic rings. The van der Waals surface area contributed by atoms with Gasteiger partial charge in [-0.3, -0.25) is 9.78 Å². The molecule has 0 atom stereocenters. The van der Waals surface area contributed by atoms with Crippen LogP contribution in [0.4, 0.5) is 5.69 Å². The Kier molecular flexibility index (Phi) is 3.42. The van der Waals surface area contributed by atoms with Gasteiger partial charge in [-0.1, -0.05) is 20.8 Å². The topological polar surface area (TPSA) is 62.2 Å². The summed E-state index contributed by atoms with van der Waals surface area (Å²) in [5.74, 6) is -0.0802. The lowest BCUT2D eigenvalue weighted by atomic mass is 9.95. The van der Waals surface area contributed by atoms with Gasteiger partial charge in [0.05, 0.1) is 6.61 Å². The normalized spacial score (nSPS) is 11.2. The first-order valence-electron chi connectivity index (χ1n) is 4.80. The lowest BCUT2D eigenvalue weighted by Crippen LogP contribution is -2.28. The van der Waals surface area contributed by atoms with E-state index < -0.39 is 5.41 Å². The number of carbonyl (C=O) groups excluding carboxylic acids is 1. The first-order chi connectivity index (χ1) is 6.95. The zero-order valence-corrected chi connectivity index (χ0v) is 9.24. The molecule has 0 aliphatic carbocycles. The molecule has 0 aliphatic heterocycles. The molecule has 15 heavy (non-hydrogen) atoms. The van der Waals surface area contributed by atoms with Crippen LogP contribution in [0.1, 0.15) is 26.3 Å². The molecule has 0 saturated heterocycles. The van der Waals surface area contributed by atoms with Gasteiger partial charge in [0.2, 0.25) is 5.91 Å². The molecule has 1 rings (SSSR count). The Morgan fingerprint density at radius 3 is 2.73 bits per heavy atom. The fraction of sp³-hybridized carbons (Fsp3) is 0.455. The second kappa shape index (κ2) is 4.40. The number of rotatable bonds is 2. The first kappa shape index (κ1) is 11.7. The largest absolute Gasteiger partial charge is 0.392 e. The zero-order chi connectivity index (χ0) is 11.5. The molecule has 1 aromatic rings. The number of pyridine rings is 1. The van der Waals surface area contributed by atoms with Crippen LogP contribution in [-0.4, -0.2) is 16.0 Å². The van der Waals surface area contributed by atoms with Crippen molar-refractivity contribution in [2.24, 2.45) is 5.41 Å². The van der Waals surface area contributed by atoms with E-state index in [4.69, 9.17) is 5.11 Å². The molecular weight excluding hydrogens is 192 g/mol. The summed E-state index contributed by atoms with van der Waals surface area (Å²) in [4.78, 5) is 15.6. The molecule has 0 aromatic carbocycles. The summed E-state index contributed by atoms with van der Waals surface area (Å²) in [6.45, 7) is 5.38. The van der Waals surface area contributed by atoms with Crippen LogP contribution in [0, 0.1) is 5.41 Å². The maximum absolute atomic E-state index is 11.7. The van der Waals surface area contributed by atoms with E-state index in [0.29, 0.717) is 11.3 Å². The van der Waals surface area contributed by atoms with Crippen LogP contribution in [0.2, 0.25) is 0 Å². The van der Waals surface area contributed by atoms with Gasteiger partial charge in [-0.25, -0.2) is 0 Å². The van der Waals surface area contributed by atoms with Crippen molar-refractivity contribution in [2.45, 2.75) is 27.4 Å². The maximum Gasteiger partial charge on any atom is 0.229 e. The standard InChI is InChI=1S/C11H16N2O2/c1-11(2,3)10(15)13-9-4-5-12-6-8(9)7-14/h4-6,14H,7H2,1-3H3,(H,12,13,15). The Bertz CT molecular complexity index is 356. The molecule has 0 fully saturated rings. The average Bonchev–Trinajstić information content (AvgIpc) is 2.17. The second-order valence-corrected chi connectivity index (χ2v) is 4.40. The number of aliphatic hydroxyl groups excluding tert-OH is 1. The van der Waals surface area contributed by atoms with E-state index >= 15 is 0 Å². The summed E-state index contributed by atoms with van der Waals surface area (Å²) < 4.78 is 0. The third-order valence-electron chi connectivity index (χ3n) is 2.00. The van der Waals surface area contributed by atoms with Gasteiger partial charge >= 0.3 is 0 Å². The van der Waals surface area contributed by atoms with Gasteiger partial charge in [0.15, 0.2) is 0 Å². The van der Waals surface area contributed by atoms with Crippen molar-refractivity contribution in [1.82, 2.24) is 4.98 Å². The lowest BCUT2D eigenvalue weighted by molar-refractivity contribution is -0.123. The number of anilines is 1. The molecule has 0 unspecified atom stereocenters. The SMILES string of the molecule is CC(C)(C)C(=O)Nc1ccncc1CO. The van der Waals surface area contributed by atoms with E-state index in [1.807, 2.05) is 20.8 Å². The number of nitrogens with zero attached hydrogens (tertiary/aromatic N) is 1. The minimum atomic E-state index is -0.448. The predicted molar refractivity (Wildman–Crippen MR) is 58.2 cm³/mol. The highest BCUT2D eigenvalue weighted by Gasteiger charge is 2.21. The minimum Gasteiger partial charge on any atom is -0.392 e. The fourth-order valence-corrected chi connectivity index (χ4v) is 0.985. The van der Waals surface area contributed by atoms with Crippen LogP contribution in [0.15, 0.2) is 18.5 Å². The summed E-state index contributed by atoms with van der Waals surface area (Å²) in [5, 5.41) is 11.8. The highest BCUT2D eigenvalue weighted by molar-refractivity contribution is 5.95. The predicted octanol–water partition coefficient (Wildman–Crippen LogP) is 1.56. The number of aromatic nitrogens is 1. The Morgan fingerprint density at radius 2 is 2.20 bits per heavy atom. The number of hydrogen-bond donors (Lipinski definition) is 2. The summed E-state index contributed by atoms with van der Waals surface area (Å²) in [5.41, 5.74) is 0.790. The van der Waals surface area contributed by atoms with Gasteiger partial charge < -0.3 is 10.4 Å². The van der Waals surface area contributed by atoms with Crippen molar-refractivity contribution >= 4 is 11.6 Å². The van der Waals surface area contributed by atoms with E-state index in [2.05, 4.69) is 10.3 Å². The summed E-state index contributed by atoms with van der Waals surface area (Å²) >= 11 is 0. The molecule has 2 N–H and O–H groups in total. The zero-order valence-electron chi connectivity index (χ0n) is 9.24. The van der Waals surface area contributed by atoms with Crippen LogP contribution >= 0.6 is 0 Å². The average molecular weight is 208 g/mol. The number of amides is 1. The van der Waals surface area contributed by atoms with Gasteiger partial charge in [-0.05, 0) is 6.07 Å². The maximum atomic E-state index is 11.7. The van der Waals surface area contributed by atoms with Crippen LogP contribution < -0.4 is 5.32 Å². The van der Waals surface area contributed by atoms with Gasteiger partial charge in [-0.2, -0.15) is 0 Å². The molecular formula is C11H16N2O2. The van der Waals surface area contributed by atoms with Gasteiger partial charge in [0, 0.05) is 29.1 Å². The molecule has 4 heteroatoms. The van der Waals surface area contributed by atoms with Crippen molar-refractivity contribution in [3.8, 4) is 0 Å². The van der Waals surface area contributed by atoms with E-state index in [1.165, 1.54) is 6.20 Å². The summed E-state index contributed by atoms with van der Waals surface area (Å²) in [7, 11) is 0. The van der Waals surface area contributed by atoms with Crippen LogP contribution in [0.25, 0.3) is 0 Å². The first-order valence-corrected chi connectivity index (χ1v) is 4.80. The second-order valence-electron chi connectivity index (χ2n) is 4.40. The van der Waals surface area contributed by atoms with E-state index in [9.17, 15) is 4.79 Å². The van der Waals surface area contributed by atoms with Crippen LogP contribution in [0.5, 0.6) is 0 Å². The third-order valence-corrected chi connectivity index (χ3v) is 2.00. The van der Waals surface area contributed by atoms with Crippen molar-refractivity contribution in [2.75, 3.05) is 5.32 Å². The summed E-state index contributed by atoms with van der Waals surface area (Å²) in [6, 6.07) is 1.68. The Hall–Kier alpha value is -1.42. The molecule has 0 spiro atoms. The lowest BCUT2D eigenvalue weighted by Gasteiger charge is -2.18. The van der Waals surface area contributed by atoms with Crippen LogP contribution in [0.3, 0.4) is 0 Å². The number of aliphatic hydroxyl groups is 1. The fourth-order valence-electron chi connectivity index (χ4n) is 0.985. The third kappa shape index (κ3) is 3.02. The van der Waals surface area contributed by atoms with Crippen molar-refractivity contribution in [3.05, 3.63) is 24.0 Å². The molecule has 82 valence electrons. The Balaban J connectivity index is 2.85. The number of hydrogen-bond acceptors (Lipinski definition) is 3.